The zero-order chi connectivity index (χ0) is 15.6. The van der Waals surface area contributed by atoms with Gasteiger partial charge in [0.25, 0.3) is 5.69 Å². The zero-order valence-electron chi connectivity index (χ0n) is 10.8. The minimum Gasteiger partial charge on any atom is -0.374 e. The highest BCUT2D eigenvalue weighted by molar-refractivity contribution is 7.90. The molecule has 0 saturated carbocycles. The molecule has 2 N–H and O–H groups in total. The van der Waals surface area contributed by atoms with E-state index in [9.17, 15) is 23.3 Å². The molecule has 0 bridgehead atoms. The first-order valence-electron chi connectivity index (χ1n) is 5.66. The number of nitrogens with zero attached hydrogens (tertiary/aromatic N) is 1. The second-order valence-electron chi connectivity index (χ2n) is 4.24. The van der Waals surface area contributed by atoms with Gasteiger partial charge in [-0.2, -0.15) is 0 Å². The molecule has 8 nitrogen and oxygen atoms in total. The van der Waals surface area contributed by atoms with Gasteiger partial charge in [0.15, 0.2) is 9.84 Å². The summed E-state index contributed by atoms with van der Waals surface area (Å²) in [6, 6.07) is 3.63. The molecule has 1 aromatic heterocycles. The lowest BCUT2D eigenvalue weighted by atomic mass is 10.2. The minimum absolute atomic E-state index is 0.122. The fourth-order valence-corrected chi connectivity index (χ4v) is 2.86. The smallest absolute Gasteiger partial charge is 0.304 e. The van der Waals surface area contributed by atoms with Crippen LogP contribution in [0, 0.1) is 10.1 Å². The third-order valence-corrected chi connectivity index (χ3v) is 4.46. The molecular formula is C11H11N3O5S2. The van der Waals surface area contributed by atoms with Crippen LogP contribution in [0.4, 0.5) is 11.4 Å². The Morgan fingerprint density at radius 2 is 2.14 bits per heavy atom. The molecular weight excluding hydrogens is 318 g/mol. The summed E-state index contributed by atoms with van der Waals surface area (Å²) in [6.45, 7) is 0.192. The molecule has 2 rings (SSSR count). The molecule has 112 valence electrons. The van der Waals surface area contributed by atoms with Crippen LogP contribution in [0.15, 0.2) is 33.3 Å². The van der Waals surface area contributed by atoms with Crippen molar-refractivity contribution >= 4 is 32.5 Å². The second-order valence-corrected chi connectivity index (χ2v) is 7.09. The quantitative estimate of drug-likeness (QED) is 0.631. The molecule has 1 aromatic carbocycles. The number of rotatable bonds is 5. The van der Waals surface area contributed by atoms with Gasteiger partial charge in [-0.05, 0) is 12.1 Å². The molecule has 0 unspecified atom stereocenters. The van der Waals surface area contributed by atoms with Gasteiger partial charge in [0, 0.05) is 23.4 Å². The van der Waals surface area contributed by atoms with Crippen LogP contribution in [-0.4, -0.2) is 24.6 Å². The van der Waals surface area contributed by atoms with E-state index in [1.807, 2.05) is 0 Å². The molecule has 0 saturated heterocycles. The third kappa shape index (κ3) is 3.67. The Labute approximate surface area is 123 Å². The Morgan fingerprint density at radius 1 is 1.43 bits per heavy atom. The number of thiazole rings is 1. The van der Waals surface area contributed by atoms with Crippen LogP contribution in [0.25, 0.3) is 0 Å². The normalized spacial score (nSPS) is 11.3. The van der Waals surface area contributed by atoms with E-state index in [0.717, 1.165) is 23.7 Å². The number of nitro benzene ring substituents is 1. The van der Waals surface area contributed by atoms with Crippen molar-refractivity contribution in [2.45, 2.75) is 11.4 Å². The third-order valence-electron chi connectivity index (χ3n) is 2.63. The van der Waals surface area contributed by atoms with Gasteiger partial charge < -0.3 is 10.3 Å². The monoisotopic (exact) mass is 329 g/mol. The number of nitrogens with one attached hydrogen (secondary N) is 2. The van der Waals surface area contributed by atoms with Gasteiger partial charge >= 0.3 is 4.87 Å². The first-order chi connectivity index (χ1) is 9.77. The molecule has 0 aliphatic rings. The van der Waals surface area contributed by atoms with E-state index >= 15 is 0 Å². The van der Waals surface area contributed by atoms with E-state index in [4.69, 9.17) is 0 Å². The number of benzene rings is 1. The van der Waals surface area contributed by atoms with Gasteiger partial charge in [-0.3, -0.25) is 14.9 Å². The van der Waals surface area contributed by atoms with Crippen LogP contribution >= 0.6 is 11.3 Å². The van der Waals surface area contributed by atoms with E-state index in [1.165, 1.54) is 12.1 Å². The molecule has 0 spiro atoms. The molecule has 0 aliphatic carbocycles. The van der Waals surface area contributed by atoms with Crippen molar-refractivity contribution < 1.29 is 13.3 Å². The summed E-state index contributed by atoms with van der Waals surface area (Å²) in [7, 11) is -3.52. The number of aromatic amines is 1. The SMILES string of the molecule is CS(=O)(=O)c1ccc(NCc2csc(=O)[nH]2)c([N+](=O)[O-])c1. The molecule has 0 amide bonds. The summed E-state index contributed by atoms with van der Waals surface area (Å²) in [5.74, 6) is 0. The van der Waals surface area contributed by atoms with Crippen molar-refractivity contribution in [1.82, 2.24) is 4.98 Å². The lowest BCUT2D eigenvalue weighted by Crippen LogP contribution is -2.06. The summed E-state index contributed by atoms with van der Waals surface area (Å²) in [4.78, 5) is 23.6. The van der Waals surface area contributed by atoms with Gasteiger partial charge in [-0.25, -0.2) is 8.42 Å². The van der Waals surface area contributed by atoms with Gasteiger partial charge in [0.05, 0.1) is 16.4 Å². The molecule has 0 fully saturated rings. The predicted octanol–water partition coefficient (Wildman–Crippen LogP) is 1.36. The lowest BCUT2D eigenvalue weighted by Gasteiger charge is -2.07. The Kier molecular flexibility index (Phi) is 4.09. The van der Waals surface area contributed by atoms with Crippen LogP contribution in [-0.2, 0) is 16.4 Å². The Bertz CT molecular complexity index is 838. The number of hydrogen-bond donors (Lipinski definition) is 2. The molecule has 0 aliphatic heterocycles. The van der Waals surface area contributed by atoms with E-state index < -0.39 is 14.8 Å². The summed E-state index contributed by atoms with van der Waals surface area (Å²) in [5, 5.41) is 15.4. The summed E-state index contributed by atoms with van der Waals surface area (Å²) in [6.07, 6.45) is 0.981. The first kappa shape index (κ1) is 15.2. The number of anilines is 1. The van der Waals surface area contributed by atoms with Crippen LogP contribution in [0.1, 0.15) is 5.69 Å². The van der Waals surface area contributed by atoms with E-state index in [1.54, 1.807) is 5.38 Å². The largest absolute Gasteiger partial charge is 0.374 e. The maximum Gasteiger partial charge on any atom is 0.304 e. The second kappa shape index (κ2) is 5.66. The Hall–Kier alpha value is -2.20. The number of hydrogen-bond acceptors (Lipinski definition) is 7. The first-order valence-corrected chi connectivity index (χ1v) is 8.43. The van der Waals surface area contributed by atoms with Crippen molar-refractivity contribution in [1.29, 1.82) is 0 Å². The van der Waals surface area contributed by atoms with E-state index in [-0.39, 0.29) is 27.7 Å². The van der Waals surface area contributed by atoms with Gasteiger partial charge in [-0.15, -0.1) is 0 Å². The molecule has 0 radical (unpaired) electrons. The van der Waals surface area contributed by atoms with Crippen molar-refractivity contribution in [2.75, 3.05) is 11.6 Å². The fourth-order valence-electron chi connectivity index (χ4n) is 1.63. The highest BCUT2D eigenvalue weighted by atomic mass is 32.2. The number of H-pyrrole nitrogens is 1. The summed E-state index contributed by atoms with van der Waals surface area (Å²) < 4.78 is 22.8. The minimum atomic E-state index is -3.52. The van der Waals surface area contributed by atoms with Crippen molar-refractivity contribution in [3.05, 3.63) is 49.1 Å². The van der Waals surface area contributed by atoms with Gasteiger partial charge in [0.2, 0.25) is 0 Å². The maximum absolute atomic E-state index is 11.4. The molecule has 2 aromatic rings. The molecule has 0 atom stereocenters. The standard InChI is InChI=1S/C11H11N3O5S2/c1-21(18,19)8-2-3-9(10(4-8)14(16)17)12-5-7-6-20-11(15)13-7/h2-4,6,12H,5H2,1H3,(H,13,15). The summed E-state index contributed by atoms with van der Waals surface area (Å²) in [5.41, 5.74) is 0.432. The number of aromatic nitrogens is 1. The summed E-state index contributed by atoms with van der Waals surface area (Å²) >= 11 is 0.992. The fraction of sp³-hybridized carbons (Fsp3) is 0.182. The van der Waals surface area contributed by atoms with E-state index in [2.05, 4.69) is 10.3 Å². The molecule has 21 heavy (non-hydrogen) atoms. The number of nitro groups is 1. The van der Waals surface area contributed by atoms with Gasteiger partial charge in [0.1, 0.15) is 5.69 Å². The Balaban J connectivity index is 2.30. The molecule has 10 heteroatoms. The van der Waals surface area contributed by atoms with Crippen molar-refractivity contribution in [3.63, 3.8) is 0 Å². The van der Waals surface area contributed by atoms with Crippen molar-refractivity contribution in [2.24, 2.45) is 0 Å². The average molecular weight is 329 g/mol. The van der Waals surface area contributed by atoms with Crippen LogP contribution in [0.2, 0.25) is 0 Å². The molecule has 1 heterocycles. The number of sulfone groups is 1. The van der Waals surface area contributed by atoms with Crippen LogP contribution in [0.5, 0.6) is 0 Å². The van der Waals surface area contributed by atoms with E-state index in [0.29, 0.717) is 5.69 Å². The highest BCUT2D eigenvalue weighted by Crippen LogP contribution is 2.27. The lowest BCUT2D eigenvalue weighted by molar-refractivity contribution is -0.384. The topological polar surface area (TPSA) is 122 Å². The van der Waals surface area contributed by atoms with Crippen LogP contribution < -0.4 is 10.2 Å². The van der Waals surface area contributed by atoms with Gasteiger partial charge in [-0.1, -0.05) is 11.3 Å². The Morgan fingerprint density at radius 3 is 2.67 bits per heavy atom. The zero-order valence-corrected chi connectivity index (χ0v) is 12.5. The highest BCUT2D eigenvalue weighted by Gasteiger charge is 2.18. The van der Waals surface area contributed by atoms with Crippen LogP contribution in [0.3, 0.4) is 0 Å². The average Bonchev–Trinajstić information content (AvgIpc) is 2.80. The maximum atomic E-state index is 11.4. The predicted molar refractivity (Wildman–Crippen MR) is 78.5 cm³/mol. The van der Waals surface area contributed by atoms with Crippen molar-refractivity contribution in [3.8, 4) is 0 Å².